The Morgan fingerprint density at radius 1 is 1.50 bits per heavy atom. The molecule has 1 aliphatic rings. The Morgan fingerprint density at radius 3 is 2.72 bits per heavy atom. The van der Waals surface area contributed by atoms with Crippen LogP contribution in [0.5, 0.6) is 0 Å². The zero-order valence-corrected chi connectivity index (χ0v) is 11.0. The van der Waals surface area contributed by atoms with E-state index in [0.717, 1.165) is 24.4 Å². The van der Waals surface area contributed by atoms with Crippen molar-refractivity contribution in [3.8, 4) is 0 Å². The molecule has 0 amide bonds. The fourth-order valence-electron chi connectivity index (χ4n) is 2.43. The van der Waals surface area contributed by atoms with Gasteiger partial charge < -0.3 is 5.32 Å². The molecule has 4 heteroatoms. The normalized spacial score (nSPS) is 16.6. The number of nitrogens with zero attached hydrogens (tertiary/aromatic N) is 1. The van der Waals surface area contributed by atoms with E-state index in [4.69, 9.17) is 0 Å². The van der Waals surface area contributed by atoms with Gasteiger partial charge in [0, 0.05) is 18.2 Å². The number of likely N-dealkylation sites (N-methyl/N-ethyl adjacent to an activating group) is 1. The lowest BCUT2D eigenvalue weighted by molar-refractivity contribution is -0.384. The van der Waals surface area contributed by atoms with Crippen molar-refractivity contribution in [2.24, 2.45) is 5.92 Å². The summed E-state index contributed by atoms with van der Waals surface area (Å²) in [6.07, 6.45) is 3.59. The predicted molar refractivity (Wildman–Crippen MR) is 71.7 cm³/mol. The standard InChI is InChI=1S/C14H20N2O2/c1-3-15-14(11-4-5-11)9-12-6-7-13(16(17)18)8-10(12)2/h6-8,11,14-15H,3-5,9H2,1-2H3. The third-order valence-electron chi connectivity index (χ3n) is 3.63. The maximum atomic E-state index is 10.7. The summed E-state index contributed by atoms with van der Waals surface area (Å²) >= 11 is 0. The van der Waals surface area contributed by atoms with Crippen molar-refractivity contribution >= 4 is 5.69 Å². The van der Waals surface area contributed by atoms with Gasteiger partial charge in [0.25, 0.3) is 5.69 Å². The quantitative estimate of drug-likeness (QED) is 0.622. The van der Waals surface area contributed by atoms with Crippen LogP contribution in [0, 0.1) is 23.0 Å². The van der Waals surface area contributed by atoms with Crippen LogP contribution >= 0.6 is 0 Å². The smallest absolute Gasteiger partial charge is 0.269 e. The van der Waals surface area contributed by atoms with Crippen molar-refractivity contribution < 1.29 is 4.92 Å². The Balaban J connectivity index is 2.10. The highest BCUT2D eigenvalue weighted by atomic mass is 16.6. The second kappa shape index (κ2) is 5.48. The highest BCUT2D eigenvalue weighted by Crippen LogP contribution is 2.34. The first-order valence-corrected chi connectivity index (χ1v) is 6.59. The number of nitro benzene ring substituents is 1. The Kier molecular flexibility index (Phi) is 3.97. The summed E-state index contributed by atoms with van der Waals surface area (Å²) in [7, 11) is 0. The van der Waals surface area contributed by atoms with E-state index < -0.39 is 0 Å². The van der Waals surface area contributed by atoms with Crippen LogP contribution in [0.2, 0.25) is 0 Å². The molecule has 1 aliphatic carbocycles. The van der Waals surface area contributed by atoms with E-state index in [0.29, 0.717) is 6.04 Å². The number of rotatable bonds is 6. The summed E-state index contributed by atoms with van der Waals surface area (Å²) in [5.41, 5.74) is 2.42. The molecule has 1 atom stereocenters. The summed E-state index contributed by atoms with van der Waals surface area (Å²) in [6, 6.07) is 5.71. The topological polar surface area (TPSA) is 55.2 Å². The second-order valence-corrected chi connectivity index (χ2v) is 5.07. The maximum absolute atomic E-state index is 10.7. The van der Waals surface area contributed by atoms with Crippen molar-refractivity contribution in [2.45, 2.75) is 39.2 Å². The molecule has 0 heterocycles. The highest BCUT2D eigenvalue weighted by molar-refractivity contribution is 5.39. The van der Waals surface area contributed by atoms with Gasteiger partial charge in [0.15, 0.2) is 0 Å². The van der Waals surface area contributed by atoms with Crippen molar-refractivity contribution in [1.29, 1.82) is 0 Å². The van der Waals surface area contributed by atoms with Crippen molar-refractivity contribution in [3.63, 3.8) is 0 Å². The van der Waals surface area contributed by atoms with Gasteiger partial charge >= 0.3 is 0 Å². The number of nitrogens with one attached hydrogen (secondary N) is 1. The summed E-state index contributed by atoms with van der Waals surface area (Å²) in [5, 5.41) is 14.2. The van der Waals surface area contributed by atoms with Gasteiger partial charge in [-0.2, -0.15) is 0 Å². The summed E-state index contributed by atoms with van der Waals surface area (Å²) in [5.74, 6) is 0.791. The van der Waals surface area contributed by atoms with Crippen molar-refractivity contribution in [3.05, 3.63) is 39.4 Å². The minimum atomic E-state index is -0.334. The lowest BCUT2D eigenvalue weighted by Gasteiger charge is -2.18. The molecular weight excluding hydrogens is 228 g/mol. The molecule has 1 aromatic rings. The van der Waals surface area contributed by atoms with E-state index in [1.165, 1.54) is 18.4 Å². The Hall–Kier alpha value is -1.42. The van der Waals surface area contributed by atoms with Crippen LogP contribution in [0.25, 0.3) is 0 Å². The summed E-state index contributed by atoms with van der Waals surface area (Å²) in [6.45, 7) is 5.06. The molecule has 0 aliphatic heterocycles. The second-order valence-electron chi connectivity index (χ2n) is 5.07. The minimum absolute atomic E-state index is 0.183. The molecule has 1 N–H and O–H groups in total. The van der Waals surface area contributed by atoms with Gasteiger partial charge in [0.05, 0.1) is 4.92 Å². The molecule has 1 unspecified atom stereocenters. The summed E-state index contributed by atoms with van der Waals surface area (Å²) in [4.78, 5) is 10.4. The number of nitro groups is 1. The molecule has 1 aromatic carbocycles. The first kappa shape index (κ1) is 13.0. The SMILES string of the molecule is CCNC(Cc1ccc([N+](=O)[O-])cc1C)C1CC1. The molecule has 0 bridgehead atoms. The zero-order valence-electron chi connectivity index (χ0n) is 11.0. The lowest BCUT2D eigenvalue weighted by Crippen LogP contribution is -2.33. The lowest BCUT2D eigenvalue weighted by atomic mass is 9.98. The van der Waals surface area contributed by atoms with E-state index in [-0.39, 0.29) is 10.6 Å². The zero-order chi connectivity index (χ0) is 13.1. The Morgan fingerprint density at radius 2 is 2.22 bits per heavy atom. The molecule has 0 saturated heterocycles. The number of hydrogen-bond donors (Lipinski definition) is 1. The summed E-state index contributed by atoms with van der Waals surface area (Å²) < 4.78 is 0. The van der Waals surface area contributed by atoms with Crippen LogP contribution in [0.15, 0.2) is 18.2 Å². The van der Waals surface area contributed by atoms with Gasteiger partial charge in [0.1, 0.15) is 0 Å². The van der Waals surface area contributed by atoms with E-state index in [2.05, 4.69) is 12.2 Å². The monoisotopic (exact) mass is 248 g/mol. The number of aryl methyl sites for hydroxylation is 1. The van der Waals surface area contributed by atoms with Gasteiger partial charge in [-0.05, 0) is 49.8 Å². The fraction of sp³-hybridized carbons (Fsp3) is 0.571. The molecule has 98 valence electrons. The molecule has 4 nitrogen and oxygen atoms in total. The first-order chi connectivity index (χ1) is 8.61. The van der Waals surface area contributed by atoms with Gasteiger partial charge in [-0.15, -0.1) is 0 Å². The van der Waals surface area contributed by atoms with Crippen molar-refractivity contribution in [2.75, 3.05) is 6.54 Å². The molecule has 0 spiro atoms. The van der Waals surface area contributed by atoms with E-state index in [9.17, 15) is 10.1 Å². The largest absolute Gasteiger partial charge is 0.314 e. The molecule has 0 radical (unpaired) electrons. The molecule has 1 fully saturated rings. The minimum Gasteiger partial charge on any atom is -0.314 e. The van der Waals surface area contributed by atoms with Crippen molar-refractivity contribution in [1.82, 2.24) is 5.32 Å². The average Bonchev–Trinajstić information content (AvgIpc) is 3.14. The number of hydrogen-bond acceptors (Lipinski definition) is 3. The van der Waals surface area contributed by atoms with Crippen LogP contribution in [0.3, 0.4) is 0 Å². The van der Waals surface area contributed by atoms with E-state index in [1.54, 1.807) is 12.1 Å². The molecule has 2 rings (SSSR count). The van der Waals surface area contributed by atoms with Crippen LogP contribution < -0.4 is 5.32 Å². The number of benzene rings is 1. The molecule has 18 heavy (non-hydrogen) atoms. The third-order valence-corrected chi connectivity index (χ3v) is 3.63. The third kappa shape index (κ3) is 3.07. The van der Waals surface area contributed by atoms with Gasteiger partial charge in [0.2, 0.25) is 0 Å². The predicted octanol–water partition coefficient (Wildman–Crippen LogP) is 2.83. The van der Waals surface area contributed by atoms with Gasteiger partial charge in [-0.25, -0.2) is 0 Å². The van der Waals surface area contributed by atoms with Gasteiger partial charge in [-0.3, -0.25) is 10.1 Å². The Bertz CT molecular complexity index is 441. The highest BCUT2D eigenvalue weighted by Gasteiger charge is 2.30. The van der Waals surface area contributed by atoms with Crippen LogP contribution in [-0.2, 0) is 6.42 Å². The average molecular weight is 248 g/mol. The van der Waals surface area contributed by atoms with Crippen LogP contribution in [-0.4, -0.2) is 17.5 Å². The Labute approximate surface area is 108 Å². The van der Waals surface area contributed by atoms with E-state index >= 15 is 0 Å². The molecular formula is C14H20N2O2. The molecule has 1 saturated carbocycles. The maximum Gasteiger partial charge on any atom is 0.269 e. The molecule has 0 aromatic heterocycles. The van der Waals surface area contributed by atoms with Crippen LogP contribution in [0.1, 0.15) is 30.9 Å². The van der Waals surface area contributed by atoms with Gasteiger partial charge in [-0.1, -0.05) is 13.0 Å². The fourth-order valence-corrected chi connectivity index (χ4v) is 2.43. The number of non-ortho nitro benzene ring substituents is 1. The first-order valence-electron chi connectivity index (χ1n) is 6.59. The van der Waals surface area contributed by atoms with E-state index in [1.807, 2.05) is 13.0 Å². The van der Waals surface area contributed by atoms with Crippen LogP contribution in [0.4, 0.5) is 5.69 Å².